The van der Waals surface area contributed by atoms with E-state index in [-0.39, 0.29) is 5.41 Å². The molecule has 1 aromatic rings. The van der Waals surface area contributed by atoms with E-state index < -0.39 is 5.54 Å². The first-order valence-corrected chi connectivity index (χ1v) is 5.28. The van der Waals surface area contributed by atoms with Crippen molar-refractivity contribution in [3.05, 3.63) is 30.3 Å². The highest BCUT2D eigenvalue weighted by Gasteiger charge is 2.38. The normalized spacial score (nSPS) is 15.7. The average Bonchev–Trinajstić information content (AvgIpc) is 2.26. The third kappa shape index (κ3) is 2.66. The highest BCUT2D eigenvalue weighted by atomic mass is 15.2. The Hall–Kier alpha value is -1.69. The van der Waals surface area contributed by atoms with Gasteiger partial charge < -0.3 is 0 Å². The number of nitrogens with zero attached hydrogens (tertiary/aromatic N) is 3. The third-order valence-electron chi connectivity index (χ3n) is 2.80. The van der Waals surface area contributed by atoms with E-state index in [2.05, 4.69) is 16.3 Å². The lowest BCUT2D eigenvalue weighted by Gasteiger charge is -2.30. The summed E-state index contributed by atoms with van der Waals surface area (Å²) in [5.41, 5.74) is -0.267. The van der Waals surface area contributed by atoms with Gasteiger partial charge in [-0.25, -0.2) is 0 Å². The first kappa shape index (κ1) is 12.4. The molecule has 0 spiro atoms. The lowest BCUT2D eigenvalue weighted by molar-refractivity contribution is 0.263. The maximum Gasteiger partial charge on any atom is 0.169 e. The van der Waals surface area contributed by atoms with Crippen molar-refractivity contribution in [2.24, 2.45) is 15.6 Å². The molecule has 1 rings (SSSR count). The Kier molecular flexibility index (Phi) is 3.44. The molecule has 0 bridgehead atoms. The zero-order valence-corrected chi connectivity index (χ0v) is 10.2. The van der Waals surface area contributed by atoms with Crippen LogP contribution in [0.5, 0.6) is 0 Å². The molecule has 0 saturated carbocycles. The molecule has 0 heterocycles. The standard InChI is InChI=1S/C13H17N3/c1-12(2,3)13(4,10-14)16-15-11-8-6-5-7-9-11/h5-9H,1-4H3. The molecule has 16 heavy (non-hydrogen) atoms. The van der Waals surface area contributed by atoms with Gasteiger partial charge in [-0.3, -0.25) is 0 Å². The van der Waals surface area contributed by atoms with Gasteiger partial charge in [0.25, 0.3) is 0 Å². The van der Waals surface area contributed by atoms with Crippen LogP contribution in [0.25, 0.3) is 0 Å². The smallest absolute Gasteiger partial charge is 0.169 e. The van der Waals surface area contributed by atoms with Gasteiger partial charge in [0.05, 0.1) is 11.8 Å². The van der Waals surface area contributed by atoms with Crippen LogP contribution in [0.3, 0.4) is 0 Å². The molecule has 0 aliphatic heterocycles. The van der Waals surface area contributed by atoms with Gasteiger partial charge in [0, 0.05) is 5.41 Å². The van der Waals surface area contributed by atoms with Crippen LogP contribution in [-0.2, 0) is 0 Å². The van der Waals surface area contributed by atoms with Crippen LogP contribution in [-0.4, -0.2) is 5.54 Å². The Morgan fingerprint density at radius 1 is 1.06 bits per heavy atom. The summed E-state index contributed by atoms with van der Waals surface area (Å²) >= 11 is 0. The van der Waals surface area contributed by atoms with E-state index in [0.29, 0.717) is 0 Å². The van der Waals surface area contributed by atoms with Gasteiger partial charge in [-0.15, -0.1) is 0 Å². The van der Waals surface area contributed by atoms with E-state index in [9.17, 15) is 5.26 Å². The number of nitriles is 1. The first-order chi connectivity index (χ1) is 7.39. The second kappa shape index (κ2) is 4.44. The van der Waals surface area contributed by atoms with Crippen LogP contribution in [0, 0.1) is 16.7 Å². The van der Waals surface area contributed by atoms with Crippen molar-refractivity contribution in [2.75, 3.05) is 0 Å². The second-order valence-electron chi connectivity index (χ2n) is 4.97. The minimum Gasteiger partial charge on any atom is -0.196 e. The Balaban J connectivity index is 2.96. The van der Waals surface area contributed by atoms with Crippen molar-refractivity contribution in [1.82, 2.24) is 0 Å². The van der Waals surface area contributed by atoms with E-state index >= 15 is 0 Å². The summed E-state index contributed by atoms with van der Waals surface area (Å²) in [6.45, 7) is 7.76. The number of rotatable bonds is 2. The van der Waals surface area contributed by atoms with Crippen LogP contribution in [0.15, 0.2) is 40.6 Å². The van der Waals surface area contributed by atoms with Gasteiger partial charge in [0.1, 0.15) is 0 Å². The van der Waals surface area contributed by atoms with Crippen LogP contribution < -0.4 is 0 Å². The molecule has 84 valence electrons. The van der Waals surface area contributed by atoms with Gasteiger partial charge in [-0.1, -0.05) is 39.0 Å². The van der Waals surface area contributed by atoms with E-state index in [0.717, 1.165) is 5.69 Å². The fraction of sp³-hybridized carbons (Fsp3) is 0.462. The molecule has 1 aromatic carbocycles. The zero-order valence-electron chi connectivity index (χ0n) is 10.2. The van der Waals surface area contributed by atoms with Crippen molar-refractivity contribution < 1.29 is 0 Å². The van der Waals surface area contributed by atoms with Gasteiger partial charge in [-0.05, 0) is 19.1 Å². The monoisotopic (exact) mass is 215 g/mol. The van der Waals surface area contributed by atoms with Gasteiger partial charge in [0.15, 0.2) is 5.54 Å². The topological polar surface area (TPSA) is 48.5 Å². The van der Waals surface area contributed by atoms with Crippen molar-refractivity contribution in [1.29, 1.82) is 5.26 Å². The molecular formula is C13H17N3. The molecule has 0 fully saturated rings. The maximum atomic E-state index is 9.20. The molecule has 0 amide bonds. The van der Waals surface area contributed by atoms with E-state index in [1.165, 1.54) is 0 Å². The van der Waals surface area contributed by atoms with Crippen LogP contribution in [0.1, 0.15) is 27.7 Å². The SMILES string of the molecule is CC(C)(C)C(C)(C#N)N=Nc1ccccc1. The predicted octanol–water partition coefficient (Wildman–Crippen LogP) is 4.10. The molecule has 1 unspecified atom stereocenters. The molecule has 0 aromatic heterocycles. The number of hydrogen-bond donors (Lipinski definition) is 0. The van der Waals surface area contributed by atoms with Gasteiger partial charge in [-0.2, -0.15) is 15.5 Å². The second-order valence-corrected chi connectivity index (χ2v) is 4.97. The molecule has 0 radical (unpaired) electrons. The summed E-state index contributed by atoms with van der Waals surface area (Å²) in [7, 11) is 0. The Labute approximate surface area is 96.8 Å². The predicted molar refractivity (Wildman–Crippen MR) is 64.4 cm³/mol. The zero-order chi connectivity index (χ0) is 12.2. The van der Waals surface area contributed by atoms with Crippen LogP contribution >= 0.6 is 0 Å². The Morgan fingerprint density at radius 2 is 1.62 bits per heavy atom. The van der Waals surface area contributed by atoms with E-state index in [4.69, 9.17) is 0 Å². The number of benzene rings is 1. The summed E-state index contributed by atoms with van der Waals surface area (Å²) in [5.74, 6) is 0. The highest BCUT2D eigenvalue weighted by Crippen LogP contribution is 2.34. The Morgan fingerprint density at radius 3 is 2.06 bits per heavy atom. The van der Waals surface area contributed by atoms with E-state index in [1.54, 1.807) is 6.92 Å². The number of hydrogen-bond acceptors (Lipinski definition) is 3. The largest absolute Gasteiger partial charge is 0.196 e. The molecule has 3 heteroatoms. The fourth-order valence-electron chi connectivity index (χ4n) is 0.992. The minimum absolute atomic E-state index is 0.236. The summed E-state index contributed by atoms with van der Waals surface area (Å²) in [6, 6.07) is 11.7. The molecule has 3 nitrogen and oxygen atoms in total. The fourth-order valence-corrected chi connectivity index (χ4v) is 0.992. The molecule has 0 aliphatic rings. The minimum atomic E-state index is -0.803. The Bertz CT molecular complexity index is 409. The van der Waals surface area contributed by atoms with E-state index in [1.807, 2.05) is 51.1 Å². The maximum absolute atomic E-state index is 9.20. The summed E-state index contributed by atoms with van der Waals surface area (Å²) < 4.78 is 0. The van der Waals surface area contributed by atoms with Gasteiger partial charge in [0.2, 0.25) is 0 Å². The molecule has 0 saturated heterocycles. The average molecular weight is 215 g/mol. The number of azo groups is 1. The molecule has 1 atom stereocenters. The van der Waals surface area contributed by atoms with Crippen molar-refractivity contribution in [3.63, 3.8) is 0 Å². The summed E-state index contributed by atoms with van der Waals surface area (Å²) in [5, 5.41) is 17.5. The lowest BCUT2D eigenvalue weighted by atomic mass is 9.77. The third-order valence-corrected chi connectivity index (χ3v) is 2.80. The molecular weight excluding hydrogens is 198 g/mol. The summed E-state index contributed by atoms with van der Waals surface area (Å²) in [6.07, 6.45) is 0. The molecule has 0 N–H and O–H groups in total. The van der Waals surface area contributed by atoms with Crippen molar-refractivity contribution in [3.8, 4) is 6.07 Å². The van der Waals surface area contributed by atoms with Gasteiger partial charge >= 0.3 is 0 Å². The van der Waals surface area contributed by atoms with Crippen LogP contribution in [0.2, 0.25) is 0 Å². The van der Waals surface area contributed by atoms with Crippen molar-refractivity contribution in [2.45, 2.75) is 33.2 Å². The summed E-state index contributed by atoms with van der Waals surface area (Å²) in [4.78, 5) is 0. The quantitative estimate of drug-likeness (QED) is 0.685. The lowest BCUT2D eigenvalue weighted by Crippen LogP contribution is -2.35. The van der Waals surface area contributed by atoms with Crippen molar-refractivity contribution >= 4 is 5.69 Å². The first-order valence-electron chi connectivity index (χ1n) is 5.28. The highest BCUT2D eigenvalue weighted by molar-refractivity contribution is 5.35. The van der Waals surface area contributed by atoms with Crippen LogP contribution in [0.4, 0.5) is 5.69 Å². The molecule has 0 aliphatic carbocycles.